The summed E-state index contributed by atoms with van der Waals surface area (Å²) >= 11 is 0. The summed E-state index contributed by atoms with van der Waals surface area (Å²) in [7, 11) is 0.846. The molecular formula is C27H33N5O6S. The van der Waals surface area contributed by atoms with Crippen LogP contribution in [0.5, 0.6) is 11.5 Å². The number of ether oxygens (including phenoxy) is 3. The number of anilines is 1. The zero-order chi connectivity index (χ0) is 28.0. The molecule has 0 radical (unpaired) electrons. The summed E-state index contributed by atoms with van der Waals surface area (Å²) in [5.74, 6) is 2.48. The number of benzene rings is 2. The molecule has 1 saturated heterocycles. The molecule has 3 N–H and O–H groups in total. The average molecular weight is 556 g/mol. The van der Waals surface area contributed by atoms with Crippen molar-refractivity contribution in [2.24, 2.45) is 11.1 Å². The van der Waals surface area contributed by atoms with Crippen LogP contribution in [-0.4, -0.2) is 65.3 Å². The first-order valence-corrected chi connectivity index (χ1v) is 14.1. The molecule has 2 aromatic carbocycles. The third-order valence-corrected chi connectivity index (χ3v) is 7.33. The molecule has 39 heavy (non-hydrogen) atoms. The van der Waals surface area contributed by atoms with Gasteiger partial charge in [0.25, 0.3) is 10.2 Å². The monoisotopic (exact) mass is 555 g/mol. The van der Waals surface area contributed by atoms with Crippen molar-refractivity contribution in [1.29, 1.82) is 0 Å². The first-order chi connectivity index (χ1) is 18.7. The molecule has 208 valence electrons. The molecule has 11 nitrogen and oxygen atoms in total. The fourth-order valence-electron chi connectivity index (χ4n) is 4.63. The van der Waals surface area contributed by atoms with Crippen molar-refractivity contribution in [1.82, 2.24) is 14.7 Å². The molecule has 2 heterocycles. The number of methoxy groups -OCH3 is 3. The highest BCUT2D eigenvalue weighted by atomic mass is 32.2. The maximum absolute atomic E-state index is 11.7. The minimum Gasteiger partial charge on any atom is -0.493 e. The summed E-state index contributed by atoms with van der Waals surface area (Å²) in [5.41, 5.74) is 2.08. The van der Waals surface area contributed by atoms with Crippen LogP contribution in [0, 0.1) is 5.92 Å². The van der Waals surface area contributed by atoms with Crippen LogP contribution in [0.3, 0.4) is 0 Å². The standard InChI is InChI=1S/C27H33N5O6S/c1-36-23-16-21-22(17-24(23)37-2)30-25(9-6-18-4-7-20(8-5-18)27(33)38-3)31-26(21)32-14-11-19(12-15-32)10-13-29-39(28,34)35/h4-9,16-17,19,29H,10-15H2,1-3H3,(H2,28,34,35)/b9-6+. The molecule has 3 aromatic rings. The quantitative estimate of drug-likeness (QED) is 0.361. The number of hydrogen-bond donors (Lipinski definition) is 2. The predicted molar refractivity (Wildman–Crippen MR) is 150 cm³/mol. The highest BCUT2D eigenvalue weighted by Gasteiger charge is 2.23. The Morgan fingerprint density at radius 3 is 2.33 bits per heavy atom. The fourth-order valence-corrected chi connectivity index (χ4v) is 5.03. The first kappa shape index (κ1) is 28.3. The molecule has 0 unspecified atom stereocenters. The molecule has 1 fully saturated rings. The van der Waals surface area contributed by atoms with E-state index in [-0.39, 0.29) is 5.97 Å². The normalized spacial score (nSPS) is 14.6. The first-order valence-electron chi connectivity index (χ1n) is 12.5. The lowest BCUT2D eigenvalue weighted by atomic mass is 9.93. The van der Waals surface area contributed by atoms with Crippen LogP contribution in [0.4, 0.5) is 5.82 Å². The Kier molecular flexibility index (Phi) is 9.00. The smallest absolute Gasteiger partial charge is 0.337 e. The van der Waals surface area contributed by atoms with E-state index in [1.165, 1.54) is 7.11 Å². The summed E-state index contributed by atoms with van der Waals surface area (Å²) in [5, 5.41) is 5.89. The van der Waals surface area contributed by atoms with Gasteiger partial charge in [0.05, 0.1) is 32.4 Å². The van der Waals surface area contributed by atoms with Gasteiger partial charge in [-0.15, -0.1) is 0 Å². The zero-order valence-electron chi connectivity index (χ0n) is 22.2. The summed E-state index contributed by atoms with van der Waals surface area (Å²) in [6.45, 7) is 1.85. The van der Waals surface area contributed by atoms with Crippen molar-refractivity contribution < 1.29 is 27.4 Å². The summed E-state index contributed by atoms with van der Waals surface area (Å²) < 4.78 is 40.5. The van der Waals surface area contributed by atoms with Gasteiger partial charge in [0, 0.05) is 31.1 Å². The Morgan fingerprint density at radius 1 is 1.05 bits per heavy atom. The lowest BCUT2D eigenvalue weighted by Crippen LogP contribution is -2.37. The molecule has 0 atom stereocenters. The topological polar surface area (TPSA) is 146 Å². The van der Waals surface area contributed by atoms with Crippen molar-refractivity contribution >= 4 is 45.1 Å². The highest BCUT2D eigenvalue weighted by Crippen LogP contribution is 2.36. The molecule has 0 bridgehead atoms. The third kappa shape index (κ3) is 7.22. The van der Waals surface area contributed by atoms with Crippen LogP contribution in [0.2, 0.25) is 0 Å². The van der Waals surface area contributed by atoms with Gasteiger partial charge in [0.2, 0.25) is 0 Å². The Balaban J connectivity index is 1.60. The lowest BCUT2D eigenvalue weighted by molar-refractivity contribution is 0.0600. The zero-order valence-corrected chi connectivity index (χ0v) is 23.0. The van der Waals surface area contributed by atoms with Gasteiger partial charge in [-0.05, 0) is 55.0 Å². The maximum atomic E-state index is 11.7. The van der Waals surface area contributed by atoms with E-state index in [0.29, 0.717) is 35.3 Å². The molecule has 1 aliphatic heterocycles. The maximum Gasteiger partial charge on any atom is 0.337 e. The van der Waals surface area contributed by atoms with Gasteiger partial charge in [0.1, 0.15) is 5.82 Å². The molecule has 4 rings (SSSR count). The van der Waals surface area contributed by atoms with Gasteiger partial charge in [-0.3, -0.25) is 0 Å². The molecule has 12 heteroatoms. The van der Waals surface area contributed by atoms with E-state index < -0.39 is 10.2 Å². The van der Waals surface area contributed by atoms with Crippen molar-refractivity contribution in [2.75, 3.05) is 45.9 Å². The SMILES string of the molecule is COC(=O)c1ccc(/C=C/c2nc(N3CCC(CCNS(N)(=O)=O)CC3)c3cc(OC)c(OC)cc3n2)cc1. The number of piperidine rings is 1. The van der Waals surface area contributed by atoms with E-state index in [0.717, 1.165) is 54.6 Å². The van der Waals surface area contributed by atoms with Crippen LogP contribution in [0.15, 0.2) is 36.4 Å². The van der Waals surface area contributed by atoms with Crippen molar-refractivity contribution in [2.45, 2.75) is 19.3 Å². The molecule has 0 saturated carbocycles. The number of nitrogens with two attached hydrogens (primary N) is 1. The lowest BCUT2D eigenvalue weighted by Gasteiger charge is -2.33. The van der Waals surface area contributed by atoms with Gasteiger partial charge < -0.3 is 19.1 Å². The fraction of sp³-hybridized carbons (Fsp3) is 0.370. The number of nitrogens with zero attached hydrogens (tertiary/aromatic N) is 3. The van der Waals surface area contributed by atoms with Gasteiger partial charge in [0.15, 0.2) is 17.3 Å². The van der Waals surface area contributed by atoms with E-state index in [1.807, 2.05) is 36.4 Å². The molecular weight excluding hydrogens is 522 g/mol. The third-order valence-electron chi connectivity index (χ3n) is 6.72. The molecule has 0 amide bonds. The van der Waals surface area contributed by atoms with Crippen LogP contribution < -0.4 is 24.2 Å². The minimum absolute atomic E-state index is 0.326. The number of fused-ring (bicyclic) bond motifs is 1. The Bertz CT molecular complexity index is 1450. The van der Waals surface area contributed by atoms with Crippen molar-refractivity contribution in [3.63, 3.8) is 0 Å². The number of rotatable bonds is 10. The van der Waals surface area contributed by atoms with Gasteiger partial charge in [-0.25, -0.2) is 24.6 Å². The largest absolute Gasteiger partial charge is 0.493 e. The summed E-state index contributed by atoms with van der Waals surface area (Å²) in [4.78, 5) is 23.6. The van der Waals surface area contributed by atoms with Gasteiger partial charge in [-0.1, -0.05) is 18.2 Å². The molecule has 1 aromatic heterocycles. The van der Waals surface area contributed by atoms with Gasteiger partial charge in [-0.2, -0.15) is 8.42 Å². The number of aromatic nitrogens is 2. The predicted octanol–water partition coefficient (Wildman–Crippen LogP) is 3.00. The summed E-state index contributed by atoms with van der Waals surface area (Å²) in [6.07, 6.45) is 6.23. The van der Waals surface area contributed by atoms with Gasteiger partial charge >= 0.3 is 5.97 Å². The Hall–Kier alpha value is -3.74. The Morgan fingerprint density at radius 2 is 1.72 bits per heavy atom. The van der Waals surface area contributed by atoms with E-state index in [1.54, 1.807) is 26.4 Å². The second-order valence-electron chi connectivity index (χ2n) is 9.24. The summed E-state index contributed by atoms with van der Waals surface area (Å²) in [6, 6.07) is 10.8. The number of hydrogen-bond acceptors (Lipinski definition) is 9. The Labute approximate surface area is 228 Å². The minimum atomic E-state index is -3.68. The second kappa shape index (κ2) is 12.4. The van der Waals surface area contributed by atoms with E-state index >= 15 is 0 Å². The molecule has 0 spiro atoms. The average Bonchev–Trinajstić information content (AvgIpc) is 2.94. The molecule has 1 aliphatic rings. The van der Waals surface area contributed by atoms with Crippen LogP contribution >= 0.6 is 0 Å². The van der Waals surface area contributed by atoms with E-state index in [2.05, 4.69) is 9.62 Å². The van der Waals surface area contributed by atoms with Crippen molar-refractivity contribution in [3.05, 3.63) is 53.3 Å². The highest BCUT2D eigenvalue weighted by molar-refractivity contribution is 7.87. The number of carbonyl (C=O) groups is 1. The van der Waals surface area contributed by atoms with Crippen molar-refractivity contribution in [3.8, 4) is 11.5 Å². The van der Waals surface area contributed by atoms with Crippen LogP contribution in [0.25, 0.3) is 23.1 Å². The number of carbonyl (C=O) groups excluding carboxylic acids is 1. The van der Waals surface area contributed by atoms with E-state index in [9.17, 15) is 13.2 Å². The molecule has 0 aliphatic carbocycles. The van der Waals surface area contributed by atoms with Crippen LogP contribution in [0.1, 0.15) is 41.0 Å². The van der Waals surface area contributed by atoms with Crippen LogP contribution in [-0.2, 0) is 14.9 Å². The number of nitrogens with one attached hydrogen (secondary N) is 1. The second-order valence-corrected chi connectivity index (χ2v) is 10.6. The number of esters is 1. The van der Waals surface area contributed by atoms with E-state index in [4.69, 9.17) is 29.3 Å².